The summed E-state index contributed by atoms with van der Waals surface area (Å²) in [5.41, 5.74) is 1.56. The van der Waals surface area contributed by atoms with E-state index in [1.54, 1.807) is 12.1 Å². The zero-order chi connectivity index (χ0) is 12.7. The molecule has 0 saturated carbocycles. The largest absolute Gasteiger partial charge is 0.285 e. The fraction of sp³-hybridized carbons (Fsp3) is 0.385. The van der Waals surface area contributed by atoms with Crippen molar-refractivity contribution in [2.24, 2.45) is 5.92 Å². The van der Waals surface area contributed by atoms with Crippen LogP contribution in [0.25, 0.3) is 6.08 Å². The summed E-state index contributed by atoms with van der Waals surface area (Å²) in [7, 11) is -4.15. The number of fused-ring (bicyclic) bond motifs is 1. The van der Waals surface area contributed by atoms with E-state index in [4.69, 9.17) is 0 Å². The van der Waals surface area contributed by atoms with Crippen molar-refractivity contribution in [1.82, 2.24) is 0 Å². The molecule has 0 spiro atoms. The van der Waals surface area contributed by atoms with Gasteiger partial charge in [0.15, 0.2) is 0 Å². The highest BCUT2D eigenvalue weighted by molar-refractivity contribution is 7.86. The average Bonchev–Trinajstić information content (AvgIpc) is 2.26. The molecule has 17 heavy (non-hydrogen) atoms. The minimum atomic E-state index is -4.15. The highest BCUT2D eigenvalue weighted by atomic mass is 32.2. The number of benzene rings is 1. The topological polar surface area (TPSA) is 54.4 Å². The van der Waals surface area contributed by atoms with Gasteiger partial charge in [0.05, 0.1) is 0 Å². The fourth-order valence-corrected chi connectivity index (χ4v) is 3.95. The Balaban J connectivity index is 2.77. The molecule has 1 aromatic rings. The van der Waals surface area contributed by atoms with Crippen LogP contribution >= 0.6 is 0 Å². The minimum Gasteiger partial charge on any atom is -0.285 e. The summed E-state index contributed by atoms with van der Waals surface area (Å²) in [5.74, 6) is -0.191. The molecular weight excluding hydrogens is 236 g/mol. The van der Waals surface area contributed by atoms with Crippen LogP contribution in [0.2, 0.25) is 0 Å². The van der Waals surface area contributed by atoms with Crippen LogP contribution < -0.4 is 0 Å². The van der Waals surface area contributed by atoms with E-state index >= 15 is 0 Å². The van der Waals surface area contributed by atoms with Crippen LogP contribution in [0.5, 0.6) is 0 Å². The molecule has 0 saturated heterocycles. The molecule has 1 aromatic carbocycles. The van der Waals surface area contributed by atoms with Gasteiger partial charge in [-0.25, -0.2) is 0 Å². The first kappa shape index (κ1) is 12.3. The van der Waals surface area contributed by atoms with Crippen molar-refractivity contribution in [3.63, 3.8) is 0 Å². The van der Waals surface area contributed by atoms with Crippen molar-refractivity contribution in [3.05, 3.63) is 41.5 Å². The smallest absolute Gasteiger partial charge is 0.275 e. The van der Waals surface area contributed by atoms with Crippen LogP contribution in [-0.2, 0) is 14.9 Å². The number of hydrogen-bond donors (Lipinski definition) is 1. The van der Waals surface area contributed by atoms with Crippen LogP contribution in [-0.4, -0.2) is 13.0 Å². The molecule has 1 N–H and O–H groups in total. The highest BCUT2D eigenvalue weighted by Crippen LogP contribution is 2.45. The Bertz CT molecular complexity index is 558. The van der Waals surface area contributed by atoms with Gasteiger partial charge in [-0.15, -0.1) is 0 Å². The maximum absolute atomic E-state index is 11.8. The summed E-state index contributed by atoms with van der Waals surface area (Å²) in [5, 5.41) is 0. The standard InChI is InChI=1S/C13H16O3S/c1-10(2)13(17(14,15)16)9-5-7-11-6-3-4-8-12(11)13/h3-8,10H,9H2,1-2H3,(H,14,15,16). The molecule has 0 heterocycles. The summed E-state index contributed by atoms with van der Waals surface area (Å²) in [6, 6.07) is 7.32. The zero-order valence-electron chi connectivity index (χ0n) is 9.92. The van der Waals surface area contributed by atoms with Gasteiger partial charge in [-0.3, -0.25) is 4.55 Å². The van der Waals surface area contributed by atoms with Crippen LogP contribution in [0.1, 0.15) is 31.4 Å². The van der Waals surface area contributed by atoms with Gasteiger partial charge in [0.1, 0.15) is 4.75 Å². The first-order valence-electron chi connectivity index (χ1n) is 5.62. The Labute approximate surface area is 102 Å². The quantitative estimate of drug-likeness (QED) is 0.823. The Hall–Kier alpha value is -1.13. The molecule has 0 aromatic heterocycles. The molecule has 3 nitrogen and oxygen atoms in total. The third-order valence-electron chi connectivity index (χ3n) is 3.53. The Morgan fingerprint density at radius 1 is 1.29 bits per heavy atom. The second-order valence-electron chi connectivity index (χ2n) is 4.71. The summed E-state index contributed by atoms with van der Waals surface area (Å²) >= 11 is 0. The lowest BCUT2D eigenvalue weighted by Gasteiger charge is -2.37. The predicted molar refractivity (Wildman–Crippen MR) is 68.2 cm³/mol. The molecule has 0 radical (unpaired) electrons. The predicted octanol–water partition coefficient (Wildman–Crippen LogP) is 2.84. The minimum absolute atomic E-state index is 0.191. The van der Waals surface area contributed by atoms with Crippen molar-refractivity contribution < 1.29 is 13.0 Å². The van der Waals surface area contributed by atoms with Crippen molar-refractivity contribution >= 4 is 16.2 Å². The molecule has 1 aliphatic rings. The first-order chi connectivity index (χ1) is 7.89. The summed E-state index contributed by atoms with van der Waals surface area (Å²) < 4.78 is 32.1. The van der Waals surface area contributed by atoms with Crippen LogP contribution in [0.4, 0.5) is 0 Å². The molecular formula is C13H16O3S. The molecule has 4 heteroatoms. The summed E-state index contributed by atoms with van der Waals surface area (Å²) in [6.45, 7) is 3.65. The molecule has 1 unspecified atom stereocenters. The van der Waals surface area contributed by atoms with Gasteiger partial charge in [0.25, 0.3) is 10.1 Å². The molecule has 0 fully saturated rings. The molecule has 0 aliphatic heterocycles. The number of rotatable bonds is 2. The summed E-state index contributed by atoms with van der Waals surface area (Å²) in [6.07, 6.45) is 4.04. The Kier molecular flexibility index (Phi) is 2.87. The monoisotopic (exact) mass is 252 g/mol. The van der Waals surface area contributed by atoms with Crippen molar-refractivity contribution in [2.75, 3.05) is 0 Å². The lowest BCUT2D eigenvalue weighted by atomic mass is 9.79. The summed E-state index contributed by atoms with van der Waals surface area (Å²) in [4.78, 5) is 0. The van der Waals surface area contributed by atoms with E-state index in [1.165, 1.54) is 0 Å². The normalized spacial score (nSPS) is 23.8. The van der Waals surface area contributed by atoms with Gasteiger partial charge >= 0.3 is 0 Å². The van der Waals surface area contributed by atoms with Crippen molar-refractivity contribution in [3.8, 4) is 0 Å². The molecule has 1 atom stereocenters. The Morgan fingerprint density at radius 3 is 2.53 bits per heavy atom. The van der Waals surface area contributed by atoms with E-state index in [0.29, 0.717) is 12.0 Å². The van der Waals surface area contributed by atoms with Crippen molar-refractivity contribution in [2.45, 2.75) is 25.0 Å². The van der Waals surface area contributed by atoms with Gasteiger partial charge in [0, 0.05) is 0 Å². The highest BCUT2D eigenvalue weighted by Gasteiger charge is 2.48. The SMILES string of the molecule is CC(C)C1(S(=O)(=O)O)CC=Cc2ccccc21. The zero-order valence-corrected chi connectivity index (χ0v) is 10.7. The van der Waals surface area contributed by atoms with E-state index in [1.807, 2.05) is 38.1 Å². The first-order valence-corrected chi connectivity index (χ1v) is 7.06. The second-order valence-corrected chi connectivity index (χ2v) is 6.39. The van der Waals surface area contributed by atoms with Crippen molar-refractivity contribution in [1.29, 1.82) is 0 Å². The molecule has 1 aliphatic carbocycles. The van der Waals surface area contributed by atoms with E-state index < -0.39 is 14.9 Å². The van der Waals surface area contributed by atoms with E-state index in [9.17, 15) is 13.0 Å². The third kappa shape index (κ3) is 1.72. The fourth-order valence-electron chi connectivity index (χ4n) is 2.59. The van der Waals surface area contributed by atoms with Crippen LogP contribution in [0.15, 0.2) is 30.3 Å². The maximum atomic E-state index is 11.8. The van der Waals surface area contributed by atoms with Gasteiger partial charge in [0.2, 0.25) is 0 Å². The number of hydrogen-bond acceptors (Lipinski definition) is 2. The van der Waals surface area contributed by atoms with Crippen LogP contribution in [0.3, 0.4) is 0 Å². The maximum Gasteiger partial charge on any atom is 0.275 e. The third-order valence-corrected chi connectivity index (χ3v) is 5.31. The van der Waals surface area contributed by atoms with E-state index in [0.717, 1.165) is 5.56 Å². The number of allylic oxidation sites excluding steroid dienone is 1. The lowest BCUT2D eigenvalue weighted by molar-refractivity contribution is 0.360. The molecule has 92 valence electrons. The van der Waals surface area contributed by atoms with Gasteiger partial charge in [-0.05, 0) is 23.5 Å². The van der Waals surface area contributed by atoms with Gasteiger partial charge in [-0.1, -0.05) is 50.3 Å². The second kappa shape index (κ2) is 3.96. The van der Waals surface area contributed by atoms with E-state index in [-0.39, 0.29) is 5.92 Å². The Morgan fingerprint density at radius 2 is 1.94 bits per heavy atom. The lowest BCUT2D eigenvalue weighted by Crippen LogP contribution is -2.41. The van der Waals surface area contributed by atoms with Crippen LogP contribution in [0, 0.1) is 5.92 Å². The average molecular weight is 252 g/mol. The molecule has 2 rings (SSSR count). The van der Waals surface area contributed by atoms with Gasteiger partial charge < -0.3 is 0 Å². The van der Waals surface area contributed by atoms with E-state index in [2.05, 4.69) is 0 Å². The molecule has 0 amide bonds. The van der Waals surface area contributed by atoms with Gasteiger partial charge in [-0.2, -0.15) is 8.42 Å². The molecule has 0 bridgehead atoms.